The zero-order valence-corrected chi connectivity index (χ0v) is 13.9. The third-order valence-electron chi connectivity index (χ3n) is 3.09. The number of halogens is 2. The van der Waals surface area contributed by atoms with Gasteiger partial charge < -0.3 is 4.57 Å². The maximum absolute atomic E-state index is 6.25. The number of alkyl halides is 1. The van der Waals surface area contributed by atoms with Crippen molar-refractivity contribution in [3.63, 3.8) is 0 Å². The SMILES string of the molecule is Cc1cnc(Cn2c(C(C)Cl)nc3cc(Br)cnc32)cn1. The minimum absolute atomic E-state index is 0.212. The van der Waals surface area contributed by atoms with Crippen molar-refractivity contribution in [2.45, 2.75) is 25.8 Å². The molecule has 1 unspecified atom stereocenters. The molecule has 7 heteroatoms. The van der Waals surface area contributed by atoms with Gasteiger partial charge in [-0.2, -0.15) is 0 Å². The molecule has 3 heterocycles. The average molecular weight is 367 g/mol. The summed E-state index contributed by atoms with van der Waals surface area (Å²) in [6, 6.07) is 1.93. The van der Waals surface area contributed by atoms with Gasteiger partial charge in [0, 0.05) is 16.9 Å². The molecule has 0 fully saturated rings. The van der Waals surface area contributed by atoms with Crippen molar-refractivity contribution in [2.24, 2.45) is 0 Å². The van der Waals surface area contributed by atoms with Crippen LogP contribution in [0.25, 0.3) is 11.2 Å². The van der Waals surface area contributed by atoms with Gasteiger partial charge in [-0.1, -0.05) is 0 Å². The van der Waals surface area contributed by atoms with Crippen LogP contribution >= 0.6 is 27.5 Å². The standard InChI is InChI=1S/C14H13BrClN5/c1-8-4-18-11(6-17-8)7-21-13(9(2)16)20-12-3-10(15)5-19-14(12)21/h3-6,9H,7H2,1-2H3. The molecule has 0 bridgehead atoms. The van der Waals surface area contributed by atoms with Crippen molar-refractivity contribution in [3.8, 4) is 0 Å². The predicted octanol–water partition coefficient (Wildman–Crippen LogP) is 3.64. The van der Waals surface area contributed by atoms with Crippen molar-refractivity contribution >= 4 is 38.7 Å². The van der Waals surface area contributed by atoms with Gasteiger partial charge in [-0.05, 0) is 35.8 Å². The van der Waals surface area contributed by atoms with E-state index in [1.165, 1.54) is 0 Å². The second-order valence-electron chi connectivity index (χ2n) is 4.82. The molecule has 5 nitrogen and oxygen atoms in total. The smallest absolute Gasteiger partial charge is 0.160 e. The molecule has 3 aromatic heterocycles. The first-order valence-corrected chi connectivity index (χ1v) is 7.71. The summed E-state index contributed by atoms with van der Waals surface area (Å²) < 4.78 is 2.88. The molecule has 0 amide bonds. The fraction of sp³-hybridized carbons (Fsp3) is 0.286. The van der Waals surface area contributed by atoms with E-state index >= 15 is 0 Å². The molecular weight excluding hydrogens is 354 g/mol. The molecule has 0 spiro atoms. The number of hydrogen-bond donors (Lipinski definition) is 0. The van der Waals surface area contributed by atoms with Crippen LogP contribution in [0.5, 0.6) is 0 Å². The summed E-state index contributed by atoms with van der Waals surface area (Å²) in [6.07, 6.45) is 5.27. The normalized spacial score (nSPS) is 12.8. The van der Waals surface area contributed by atoms with Crippen LogP contribution in [0, 0.1) is 6.92 Å². The first-order valence-electron chi connectivity index (χ1n) is 6.48. The summed E-state index contributed by atoms with van der Waals surface area (Å²) in [5.41, 5.74) is 3.35. The molecular formula is C14H13BrClN5. The van der Waals surface area contributed by atoms with Gasteiger partial charge in [0.1, 0.15) is 11.3 Å². The second-order valence-corrected chi connectivity index (χ2v) is 6.39. The molecule has 0 radical (unpaired) electrons. The van der Waals surface area contributed by atoms with E-state index in [9.17, 15) is 0 Å². The summed E-state index contributed by atoms with van der Waals surface area (Å²) in [5, 5.41) is -0.212. The van der Waals surface area contributed by atoms with E-state index in [0.717, 1.165) is 32.8 Å². The Kier molecular flexibility index (Phi) is 3.91. The Morgan fingerprint density at radius 3 is 2.71 bits per heavy atom. The summed E-state index contributed by atoms with van der Waals surface area (Å²) in [5.74, 6) is 0.777. The average Bonchev–Trinajstić information content (AvgIpc) is 2.79. The second kappa shape index (κ2) is 5.69. The first kappa shape index (κ1) is 14.4. The van der Waals surface area contributed by atoms with Gasteiger partial charge in [0.05, 0.1) is 29.5 Å². The number of imidazole rings is 1. The van der Waals surface area contributed by atoms with Crippen LogP contribution in [0.2, 0.25) is 0 Å². The summed E-state index contributed by atoms with van der Waals surface area (Å²) in [7, 11) is 0. The van der Waals surface area contributed by atoms with Crippen LogP contribution in [-0.2, 0) is 6.54 Å². The Morgan fingerprint density at radius 2 is 2.05 bits per heavy atom. The van der Waals surface area contributed by atoms with E-state index in [2.05, 4.69) is 35.9 Å². The molecule has 3 rings (SSSR count). The van der Waals surface area contributed by atoms with Crippen LogP contribution in [0.15, 0.2) is 29.1 Å². The number of hydrogen-bond acceptors (Lipinski definition) is 4. The summed E-state index contributed by atoms with van der Waals surface area (Å²) >= 11 is 9.66. The molecule has 21 heavy (non-hydrogen) atoms. The quantitative estimate of drug-likeness (QED) is 0.664. The number of rotatable bonds is 3. The van der Waals surface area contributed by atoms with E-state index in [1.54, 1.807) is 18.6 Å². The van der Waals surface area contributed by atoms with Crippen molar-refractivity contribution in [1.82, 2.24) is 24.5 Å². The first-order chi connectivity index (χ1) is 10.0. The Morgan fingerprint density at radius 1 is 1.24 bits per heavy atom. The molecule has 0 aliphatic rings. The van der Waals surface area contributed by atoms with Crippen LogP contribution in [0.3, 0.4) is 0 Å². The van der Waals surface area contributed by atoms with Crippen LogP contribution in [0.1, 0.15) is 29.5 Å². The number of aryl methyl sites for hydroxylation is 1. The molecule has 0 saturated carbocycles. The minimum Gasteiger partial charge on any atom is -0.305 e. The Bertz CT molecular complexity index is 782. The molecule has 1 atom stereocenters. The highest BCUT2D eigenvalue weighted by Crippen LogP contribution is 2.25. The molecule has 0 aromatic carbocycles. The fourth-order valence-electron chi connectivity index (χ4n) is 2.13. The summed E-state index contributed by atoms with van der Waals surface area (Å²) in [4.78, 5) is 17.7. The van der Waals surface area contributed by atoms with E-state index in [-0.39, 0.29) is 5.38 Å². The highest BCUT2D eigenvalue weighted by atomic mass is 79.9. The topological polar surface area (TPSA) is 56.5 Å². The Hall–Kier alpha value is -1.53. The maximum Gasteiger partial charge on any atom is 0.160 e. The van der Waals surface area contributed by atoms with Crippen molar-refractivity contribution in [1.29, 1.82) is 0 Å². The van der Waals surface area contributed by atoms with Crippen molar-refractivity contribution < 1.29 is 0 Å². The monoisotopic (exact) mass is 365 g/mol. The van der Waals surface area contributed by atoms with E-state index < -0.39 is 0 Å². The highest BCUT2D eigenvalue weighted by Gasteiger charge is 2.16. The minimum atomic E-state index is -0.212. The largest absolute Gasteiger partial charge is 0.305 e. The predicted molar refractivity (Wildman–Crippen MR) is 85.4 cm³/mol. The summed E-state index contributed by atoms with van der Waals surface area (Å²) in [6.45, 7) is 4.36. The van der Waals surface area contributed by atoms with Crippen LogP contribution < -0.4 is 0 Å². The number of fused-ring (bicyclic) bond motifs is 1. The van der Waals surface area contributed by atoms with Gasteiger partial charge in [-0.3, -0.25) is 9.97 Å². The molecule has 0 aliphatic carbocycles. The van der Waals surface area contributed by atoms with E-state index in [1.807, 2.05) is 24.5 Å². The van der Waals surface area contributed by atoms with Gasteiger partial charge in [0.25, 0.3) is 0 Å². The van der Waals surface area contributed by atoms with Gasteiger partial charge in [0.2, 0.25) is 0 Å². The lowest BCUT2D eigenvalue weighted by Gasteiger charge is -2.09. The van der Waals surface area contributed by atoms with Crippen LogP contribution in [0.4, 0.5) is 0 Å². The zero-order valence-electron chi connectivity index (χ0n) is 11.6. The lowest BCUT2D eigenvalue weighted by Crippen LogP contribution is -2.08. The molecule has 108 valence electrons. The third kappa shape index (κ3) is 2.91. The van der Waals surface area contributed by atoms with E-state index in [0.29, 0.717) is 6.54 Å². The Labute approximate surface area is 135 Å². The number of pyridine rings is 1. The molecule has 0 aliphatic heterocycles. The van der Waals surface area contributed by atoms with Gasteiger partial charge >= 0.3 is 0 Å². The van der Waals surface area contributed by atoms with Crippen LogP contribution in [-0.4, -0.2) is 24.5 Å². The van der Waals surface area contributed by atoms with Crippen molar-refractivity contribution in [2.75, 3.05) is 0 Å². The number of nitrogens with zero attached hydrogens (tertiary/aromatic N) is 5. The van der Waals surface area contributed by atoms with E-state index in [4.69, 9.17) is 11.6 Å². The number of aromatic nitrogens is 5. The molecule has 0 saturated heterocycles. The van der Waals surface area contributed by atoms with Gasteiger partial charge in [-0.15, -0.1) is 11.6 Å². The van der Waals surface area contributed by atoms with Gasteiger partial charge in [0.15, 0.2) is 5.65 Å². The highest BCUT2D eigenvalue weighted by molar-refractivity contribution is 9.10. The van der Waals surface area contributed by atoms with Gasteiger partial charge in [-0.25, -0.2) is 9.97 Å². The third-order valence-corrected chi connectivity index (χ3v) is 3.72. The Balaban J connectivity index is 2.10. The zero-order chi connectivity index (χ0) is 15.0. The maximum atomic E-state index is 6.25. The molecule has 3 aromatic rings. The lowest BCUT2D eigenvalue weighted by molar-refractivity contribution is 0.716. The molecule has 0 N–H and O–H groups in total. The lowest BCUT2D eigenvalue weighted by atomic mass is 10.3. The fourth-order valence-corrected chi connectivity index (χ4v) is 2.61. The van der Waals surface area contributed by atoms with Crippen molar-refractivity contribution in [3.05, 3.63) is 46.3 Å².